The molecule has 2 atom stereocenters. The Morgan fingerprint density at radius 1 is 1.27 bits per heavy atom. The van der Waals surface area contributed by atoms with Gasteiger partial charge < -0.3 is 4.74 Å². The van der Waals surface area contributed by atoms with E-state index in [1.165, 1.54) is 11.1 Å². The number of rotatable bonds is 0. The molecule has 0 fully saturated rings. The minimum atomic E-state index is 0.0256. The molecular weight excluding hydrogens is 184 g/mol. The van der Waals surface area contributed by atoms with E-state index >= 15 is 0 Å². The Labute approximate surface area is 90.1 Å². The average Bonchev–Trinajstić information content (AvgIpc) is 2.49. The molecule has 0 N–H and O–H groups in total. The number of ether oxygens (including phenoxy) is 1. The van der Waals surface area contributed by atoms with Gasteiger partial charge in [-0.25, -0.2) is 0 Å². The molecule has 0 aromatic heterocycles. The maximum atomic E-state index is 5.96. The van der Waals surface area contributed by atoms with Crippen LogP contribution in [0, 0.1) is 6.92 Å². The van der Waals surface area contributed by atoms with Gasteiger partial charge in [0.05, 0.1) is 5.41 Å². The number of benzene rings is 1. The highest BCUT2D eigenvalue weighted by atomic mass is 16.5. The van der Waals surface area contributed by atoms with Crippen LogP contribution in [0.1, 0.15) is 18.1 Å². The Morgan fingerprint density at radius 2 is 2.13 bits per heavy atom. The number of allylic oxidation sites excluding steroid dienone is 2. The van der Waals surface area contributed by atoms with E-state index in [0.29, 0.717) is 0 Å². The first-order chi connectivity index (χ1) is 7.20. The molecule has 2 unspecified atom stereocenters. The Hall–Kier alpha value is -1.50. The highest BCUT2D eigenvalue weighted by Gasteiger charge is 2.42. The van der Waals surface area contributed by atoms with E-state index < -0.39 is 0 Å². The van der Waals surface area contributed by atoms with Gasteiger partial charge >= 0.3 is 0 Å². The van der Waals surface area contributed by atoms with Gasteiger partial charge in [0, 0.05) is 5.56 Å². The molecule has 76 valence electrons. The maximum absolute atomic E-state index is 5.96. The standard InChI is InChI=1S/C14H14O/c1-10-6-7-11-12(9-10)15-13-5-3-4-8-14(11,13)2/h3-9,13H,1-2H3. The molecule has 0 saturated carbocycles. The third-order valence-corrected chi connectivity index (χ3v) is 3.40. The molecule has 0 bridgehead atoms. The van der Waals surface area contributed by atoms with Gasteiger partial charge in [0.25, 0.3) is 0 Å². The molecule has 1 aliphatic carbocycles. The SMILES string of the molecule is Cc1ccc2c(c1)OC1C=CC=CC21C. The molecule has 0 amide bonds. The van der Waals surface area contributed by atoms with Crippen LogP contribution in [0.3, 0.4) is 0 Å². The second kappa shape index (κ2) is 2.75. The fraction of sp³-hybridized carbons (Fsp3) is 0.286. The number of hydrogen-bond donors (Lipinski definition) is 0. The van der Waals surface area contributed by atoms with E-state index in [2.05, 4.69) is 56.4 Å². The second-order valence-electron chi connectivity index (χ2n) is 4.56. The molecule has 1 heteroatoms. The number of hydrogen-bond acceptors (Lipinski definition) is 1. The molecule has 1 aromatic rings. The molecule has 1 nitrogen and oxygen atoms in total. The van der Waals surface area contributed by atoms with E-state index in [1.807, 2.05) is 0 Å². The summed E-state index contributed by atoms with van der Waals surface area (Å²) in [7, 11) is 0. The second-order valence-corrected chi connectivity index (χ2v) is 4.56. The molecule has 15 heavy (non-hydrogen) atoms. The van der Waals surface area contributed by atoms with E-state index in [4.69, 9.17) is 4.74 Å². The third-order valence-electron chi connectivity index (χ3n) is 3.40. The molecule has 1 aliphatic heterocycles. The lowest BCUT2D eigenvalue weighted by Gasteiger charge is -2.26. The Balaban J connectivity index is 2.19. The van der Waals surface area contributed by atoms with Gasteiger partial charge in [-0.1, -0.05) is 30.4 Å². The van der Waals surface area contributed by atoms with Crippen molar-refractivity contribution in [3.05, 3.63) is 53.6 Å². The fourth-order valence-electron chi connectivity index (χ4n) is 2.43. The Kier molecular flexibility index (Phi) is 1.61. The van der Waals surface area contributed by atoms with E-state index in [-0.39, 0.29) is 11.5 Å². The average molecular weight is 198 g/mol. The zero-order valence-electron chi connectivity index (χ0n) is 9.03. The van der Waals surface area contributed by atoms with Crippen molar-refractivity contribution in [3.8, 4) is 5.75 Å². The minimum absolute atomic E-state index is 0.0256. The summed E-state index contributed by atoms with van der Waals surface area (Å²) >= 11 is 0. The van der Waals surface area contributed by atoms with Crippen LogP contribution in [0.15, 0.2) is 42.5 Å². The van der Waals surface area contributed by atoms with Crippen molar-refractivity contribution in [2.24, 2.45) is 0 Å². The zero-order chi connectivity index (χ0) is 10.5. The van der Waals surface area contributed by atoms with Crippen molar-refractivity contribution in [1.82, 2.24) is 0 Å². The van der Waals surface area contributed by atoms with Gasteiger partial charge in [-0.15, -0.1) is 0 Å². The van der Waals surface area contributed by atoms with Crippen LogP contribution in [0.2, 0.25) is 0 Å². The lowest BCUT2D eigenvalue weighted by Crippen LogP contribution is -2.32. The summed E-state index contributed by atoms with van der Waals surface area (Å²) in [4.78, 5) is 0. The van der Waals surface area contributed by atoms with Gasteiger partial charge in [-0.3, -0.25) is 0 Å². The summed E-state index contributed by atoms with van der Waals surface area (Å²) < 4.78 is 5.96. The van der Waals surface area contributed by atoms with Gasteiger partial charge in [0.2, 0.25) is 0 Å². The minimum Gasteiger partial charge on any atom is -0.485 e. The van der Waals surface area contributed by atoms with Crippen LogP contribution in [0.5, 0.6) is 5.75 Å². The van der Waals surface area contributed by atoms with Gasteiger partial charge in [-0.05, 0) is 31.6 Å². The summed E-state index contributed by atoms with van der Waals surface area (Å²) in [6.07, 6.45) is 8.70. The van der Waals surface area contributed by atoms with E-state index in [1.54, 1.807) is 0 Å². The van der Waals surface area contributed by atoms with Crippen LogP contribution >= 0.6 is 0 Å². The monoisotopic (exact) mass is 198 g/mol. The van der Waals surface area contributed by atoms with Crippen LogP contribution in [0.25, 0.3) is 0 Å². The predicted molar refractivity (Wildman–Crippen MR) is 61.2 cm³/mol. The molecule has 3 rings (SSSR count). The molecule has 0 spiro atoms. The summed E-state index contributed by atoms with van der Waals surface area (Å²) in [5.41, 5.74) is 2.58. The lowest BCUT2D eigenvalue weighted by molar-refractivity contribution is 0.228. The molecule has 0 radical (unpaired) electrons. The van der Waals surface area contributed by atoms with Crippen molar-refractivity contribution in [1.29, 1.82) is 0 Å². The third kappa shape index (κ3) is 1.09. The van der Waals surface area contributed by atoms with Gasteiger partial charge in [0.1, 0.15) is 11.9 Å². The van der Waals surface area contributed by atoms with Crippen molar-refractivity contribution >= 4 is 0 Å². The summed E-state index contributed by atoms with van der Waals surface area (Å²) in [6, 6.07) is 6.47. The van der Waals surface area contributed by atoms with Crippen molar-refractivity contribution < 1.29 is 4.74 Å². The van der Waals surface area contributed by atoms with Crippen LogP contribution in [0.4, 0.5) is 0 Å². The van der Waals surface area contributed by atoms with Crippen molar-refractivity contribution in [2.45, 2.75) is 25.4 Å². The van der Waals surface area contributed by atoms with Crippen LogP contribution < -0.4 is 4.74 Å². The zero-order valence-corrected chi connectivity index (χ0v) is 9.03. The lowest BCUT2D eigenvalue weighted by atomic mass is 9.77. The highest BCUT2D eigenvalue weighted by molar-refractivity contribution is 5.52. The Morgan fingerprint density at radius 3 is 3.00 bits per heavy atom. The molecule has 0 saturated heterocycles. The summed E-state index contributed by atoms with van der Waals surface area (Å²) in [6.45, 7) is 4.33. The van der Waals surface area contributed by atoms with Gasteiger partial charge in [0.15, 0.2) is 0 Å². The largest absolute Gasteiger partial charge is 0.485 e. The van der Waals surface area contributed by atoms with Gasteiger partial charge in [-0.2, -0.15) is 0 Å². The maximum Gasteiger partial charge on any atom is 0.130 e. The molecule has 2 aliphatic rings. The summed E-state index contributed by atoms with van der Waals surface area (Å²) in [5, 5.41) is 0. The fourth-order valence-corrected chi connectivity index (χ4v) is 2.43. The van der Waals surface area contributed by atoms with Crippen molar-refractivity contribution in [3.63, 3.8) is 0 Å². The Bertz CT molecular complexity index is 470. The van der Waals surface area contributed by atoms with E-state index in [9.17, 15) is 0 Å². The topological polar surface area (TPSA) is 9.23 Å². The van der Waals surface area contributed by atoms with Crippen molar-refractivity contribution in [2.75, 3.05) is 0 Å². The smallest absolute Gasteiger partial charge is 0.130 e. The first kappa shape index (κ1) is 8.78. The van der Waals surface area contributed by atoms with E-state index in [0.717, 1.165) is 5.75 Å². The number of aryl methyl sites for hydroxylation is 1. The highest BCUT2D eigenvalue weighted by Crippen LogP contribution is 2.45. The van der Waals surface area contributed by atoms with Crippen LogP contribution in [-0.4, -0.2) is 6.10 Å². The normalized spacial score (nSPS) is 30.9. The summed E-state index contributed by atoms with van der Waals surface area (Å²) in [5.74, 6) is 1.04. The molecular formula is C14H14O. The van der Waals surface area contributed by atoms with Crippen LogP contribution in [-0.2, 0) is 5.41 Å². The molecule has 1 aromatic carbocycles. The first-order valence-corrected chi connectivity index (χ1v) is 5.34. The quantitative estimate of drug-likeness (QED) is 0.622. The number of fused-ring (bicyclic) bond motifs is 3. The predicted octanol–water partition coefficient (Wildman–Crippen LogP) is 3.14. The first-order valence-electron chi connectivity index (χ1n) is 5.34. The molecule has 1 heterocycles.